The average Bonchev–Trinajstić information content (AvgIpc) is 2.37. The highest BCUT2D eigenvalue weighted by Gasteiger charge is 2.28. The molecule has 3 atom stereocenters. The number of rotatable bonds is 4. The van der Waals surface area contributed by atoms with Crippen LogP contribution in [0.1, 0.15) is 20.3 Å². The van der Waals surface area contributed by atoms with Crippen LogP contribution in [0.25, 0.3) is 0 Å². The van der Waals surface area contributed by atoms with E-state index in [0.29, 0.717) is 16.3 Å². The van der Waals surface area contributed by atoms with E-state index in [4.69, 9.17) is 9.47 Å². The smallest absolute Gasteiger partial charge is 0.264 e. The van der Waals surface area contributed by atoms with Gasteiger partial charge in [0.25, 0.3) is 5.91 Å². The summed E-state index contributed by atoms with van der Waals surface area (Å²) in [6, 6.07) is 7.47. The van der Waals surface area contributed by atoms with E-state index in [1.807, 2.05) is 25.1 Å². The molecule has 0 radical (unpaired) electrons. The third-order valence-electron chi connectivity index (χ3n) is 2.87. The number of carbonyl (C=O) groups is 1. The van der Waals surface area contributed by atoms with Crippen molar-refractivity contribution in [2.75, 3.05) is 6.61 Å². The minimum absolute atomic E-state index is 0.0997. The van der Waals surface area contributed by atoms with Gasteiger partial charge in [0.15, 0.2) is 11.5 Å². The van der Waals surface area contributed by atoms with E-state index < -0.39 is 6.10 Å². The highest BCUT2D eigenvalue weighted by molar-refractivity contribution is 9.09. The second-order valence-electron chi connectivity index (χ2n) is 4.79. The number of carbonyl (C=O) groups excluding carboxylic acids is 1. The fourth-order valence-corrected chi connectivity index (χ4v) is 2.59. The number of amides is 1. The van der Waals surface area contributed by atoms with E-state index in [0.717, 1.165) is 6.42 Å². The third-order valence-corrected chi connectivity index (χ3v) is 3.24. The molecule has 0 aliphatic carbocycles. The van der Waals surface area contributed by atoms with Crippen molar-refractivity contribution < 1.29 is 14.3 Å². The molecule has 4 nitrogen and oxygen atoms in total. The Morgan fingerprint density at radius 3 is 2.79 bits per heavy atom. The maximum absolute atomic E-state index is 12.1. The van der Waals surface area contributed by atoms with Gasteiger partial charge in [0.2, 0.25) is 6.10 Å². The quantitative estimate of drug-likeness (QED) is 0.864. The Bertz CT molecular complexity index is 450. The zero-order chi connectivity index (χ0) is 13.8. The van der Waals surface area contributed by atoms with E-state index in [-0.39, 0.29) is 18.6 Å². The Morgan fingerprint density at radius 2 is 2.11 bits per heavy atom. The number of para-hydroxylation sites is 2. The summed E-state index contributed by atoms with van der Waals surface area (Å²) in [5.74, 6) is 1.18. The molecule has 104 valence electrons. The van der Waals surface area contributed by atoms with Gasteiger partial charge in [-0.25, -0.2) is 0 Å². The normalized spacial score (nSPS) is 20.5. The number of nitrogens with one attached hydrogen (secondary N) is 1. The third kappa shape index (κ3) is 3.86. The fraction of sp³-hybridized carbons (Fsp3) is 0.500. The van der Waals surface area contributed by atoms with Crippen molar-refractivity contribution in [3.63, 3.8) is 0 Å². The van der Waals surface area contributed by atoms with Crippen LogP contribution < -0.4 is 14.8 Å². The van der Waals surface area contributed by atoms with Gasteiger partial charge in [-0.15, -0.1) is 0 Å². The number of alkyl halides is 1. The Hall–Kier alpha value is -1.23. The van der Waals surface area contributed by atoms with E-state index in [1.54, 1.807) is 6.07 Å². The first-order valence-corrected chi connectivity index (χ1v) is 7.30. The molecule has 2 rings (SSSR count). The number of halogens is 1. The maximum Gasteiger partial charge on any atom is 0.264 e. The Morgan fingerprint density at radius 1 is 1.42 bits per heavy atom. The van der Waals surface area contributed by atoms with Crippen LogP contribution in [-0.4, -0.2) is 29.5 Å². The van der Waals surface area contributed by atoms with E-state index in [9.17, 15) is 4.79 Å². The summed E-state index contributed by atoms with van der Waals surface area (Å²) in [6.07, 6.45) is 0.290. The molecule has 1 aliphatic rings. The van der Waals surface area contributed by atoms with Crippen molar-refractivity contribution in [1.29, 1.82) is 0 Å². The number of benzene rings is 1. The van der Waals surface area contributed by atoms with Crippen LogP contribution in [0.5, 0.6) is 11.5 Å². The molecule has 0 saturated carbocycles. The summed E-state index contributed by atoms with van der Waals surface area (Å²) < 4.78 is 11.2. The molecule has 0 spiro atoms. The average molecular weight is 328 g/mol. The molecule has 3 unspecified atom stereocenters. The van der Waals surface area contributed by atoms with Gasteiger partial charge < -0.3 is 14.8 Å². The second kappa shape index (κ2) is 6.28. The van der Waals surface area contributed by atoms with Crippen LogP contribution in [0.2, 0.25) is 0 Å². The van der Waals surface area contributed by atoms with Crippen LogP contribution in [0.15, 0.2) is 24.3 Å². The Balaban J connectivity index is 1.92. The van der Waals surface area contributed by atoms with Gasteiger partial charge >= 0.3 is 0 Å². The van der Waals surface area contributed by atoms with E-state index >= 15 is 0 Å². The van der Waals surface area contributed by atoms with Gasteiger partial charge in [-0.05, 0) is 25.5 Å². The molecule has 19 heavy (non-hydrogen) atoms. The number of hydrogen-bond acceptors (Lipinski definition) is 3. The molecule has 0 fully saturated rings. The van der Waals surface area contributed by atoms with Crippen molar-refractivity contribution in [3.8, 4) is 11.5 Å². The summed E-state index contributed by atoms with van der Waals surface area (Å²) in [4.78, 5) is 12.4. The lowest BCUT2D eigenvalue weighted by atomic mass is 10.2. The SMILES string of the molecule is CC(Br)CC(C)NC(=O)C1COc2ccccc2O1. The van der Waals surface area contributed by atoms with Crippen molar-refractivity contribution in [3.05, 3.63) is 24.3 Å². The van der Waals surface area contributed by atoms with Gasteiger partial charge in [-0.2, -0.15) is 0 Å². The van der Waals surface area contributed by atoms with Crippen molar-refractivity contribution in [2.45, 2.75) is 37.2 Å². The number of hydrogen-bond donors (Lipinski definition) is 1. The summed E-state index contributed by atoms with van der Waals surface area (Å²) >= 11 is 3.48. The predicted molar refractivity (Wildman–Crippen MR) is 77.0 cm³/mol. The van der Waals surface area contributed by atoms with Gasteiger partial charge in [0, 0.05) is 10.9 Å². The van der Waals surface area contributed by atoms with Crippen LogP contribution in [-0.2, 0) is 4.79 Å². The molecule has 0 saturated heterocycles. The lowest BCUT2D eigenvalue weighted by molar-refractivity contribution is -0.131. The monoisotopic (exact) mass is 327 g/mol. The second-order valence-corrected chi connectivity index (χ2v) is 6.35. The number of ether oxygens (including phenoxy) is 2. The zero-order valence-corrected chi connectivity index (χ0v) is 12.6. The largest absolute Gasteiger partial charge is 0.485 e. The van der Waals surface area contributed by atoms with Crippen LogP contribution in [0.4, 0.5) is 0 Å². The van der Waals surface area contributed by atoms with Gasteiger partial charge in [0.05, 0.1) is 0 Å². The molecule has 1 aliphatic heterocycles. The van der Waals surface area contributed by atoms with Crippen molar-refractivity contribution in [2.24, 2.45) is 0 Å². The lowest BCUT2D eigenvalue weighted by Gasteiger charge is -2.27. The zero-order valence-electron chi connectivity index (χ0n) is 11.1. The van der Waals surface area contributed by atoms with Gasteiger partial charge in [0.1, 0.15) is 6.61 Å². The molecule has 1 aromatic carbocycles. The Kier molecular flexibility index (Phi) is 4.69. The van der Waals surface area contributed by atoms with Gasteiger partial charge in [-0.3, -0.25) is 4.79 Å². The molecular formula is C14H18BrNO3. The minimum Gasteiger partial charge on any atom is -0.485 e. The van der Waals surface area contributed by atoms with E-state index in [2.05, 4.69) is 28.2 Å². The first-order chi connectivity index (χ1) is 9.06. The molecule has 1 heterocycles. The first kappa shape index (κ1) is 14.2. The summed E-state index contributed by atoms with van der Waals surface area (Å²) in [7, 11) is 0. The van der Waals surface area contributed by atoms with Crippen molar-refractivity contribution in [1.82, 2.24) is 5.32 Å². The maximum atomic E-state index is 12.1. The van der Waals surface area contributed by atoms with Crippen LogP contribution in [0.3, 0.4) is 0 Å². The van der Waals surface area contributed by atoms with Gasteiger partial charge in [-0.1, -0.05) is 35.0 Å². The molecule has 5 heteroatoms. The van der Waals surface area contributed by atoms with Crippen LogP contribution >= 0.6 is 15.9 Å². The molecule has 1 amide bonds. The van der Waals surface area contributed by atoms with Crippen molar-refractivity contribution >= 4 is 21.8 Å². The highest BCUT2D eigenvalue weighted by Crippen LogP contribution is 2.30. The standard InChI is InChI=1S/C14H18BrNO3/c1-9(15)7-10(2)16-14(17)13-8-18-11-5-3-4-6-12(11)19-13/h3-6,9-10,13H,7-8H2,1-2H3,(H,16,17). The summed E-state index contributed by atoms with van der Waals surface area (Å²) in [5, 5.41) is 2.94. The predicted octanol–water partition coefficient (Wildman–Crippen LogP) is 2.50. The molecule has 1 aromatic rings. The highest BCUT2D eigenvalue weighted by atomic mass is 79.9. The topological polar surface area (TPSA) is 47.6 Å². The van der Waals surface area contributed by atoms with E-state index in [1.165, 1.54) is 0 Å². The summed E-state index contributed by atoms with van der Waals surface area (Å²) in [5.41, 5.74) is 0. The molecule has 0 aromatic heterocycles. The summed E-state index contributed by atoms with van der Waals surface area (Å²) in [6.45, 7) is 4.28. The minimum atomic E-state index is -0.581. The number of fused-ring (bicyclic) bond motifs is 1. The molecule has 1 N–H and O–H groups in total. The molecular weight excluding hydrogens is 310 g/mol. The first-order valence-electron chi connectivity index (χ1n) is 6.39. The Labute approximate surface area is 121 Å². The molecule has 0 bridgehead atoms. The van der Waals surface area contributed by atoms with Crippen LogP contribution in [0, 0.1) is 0 Å². The lowest BCUT2D eigenvalue weighted by Crippen LogP contribution is -2.47. The fourth-order valence-electron chi connectivity index (χ4n) is 2.03.